The Morgan fingerprint density at radius 1 is 1.43 bits per heavy atom. The Kier molecular flexibility index (Phi) is 5.33. The summed E-state index contributed by atoms with van der Waals surface area (Å²) < 4.78 is 5.17. The zero-order valence-electron chi connectivity index (χ0n) is 13.6. The summed E-state index contributed by atoms with van der Waals surface area (Å²) in [7, 11) is 0. The lowest BCUT2D eigenvalue weighted by Crippen LogP contribution is -2.48. The largest absolute Gasteiger partial charge is 0.423 e. The fraction of sp³-hybridized carbons (Fsp3) is 0.438. The van der Waals surface area contributed by atoms with Gasteiger partial charge in [-0.3, -0.25) is 0 Å². The second-order valence-corrected chi connectivity index (χ2v) is 5.74. The van der Waals surface area contributed by atoms with Crippen molar-refractivity contribution in [2.45, 2.75) is 39.2 Å². The minimum atomic E-state index is -0.448. The third kappa shape index (κ3) is 4.29. The lowest BCUT2D eigenvalue weighted by molar-refractivity contribution is 0.208. The molecule has 7 nitrogen and oxygen atoms in total. The highest BCUT2D eigenvalue weighted by Crippen LogP contribution is 2.24. The molecule has 2 amide bonds. The van der Waals surface area contributed by atoms with Crippen molar-refractivity contribution >= 4 is 11.7 Å². The van der Waals surface area contributed by atoms with Gasteiger partial charge in [-0.2, -0.15) is 0 Å². The Morgan fingerprint density at radius 2 is 2.22 bits per heavy atom. The Bertz CT molecular complexity index is 657. The van der Waals surface area contributed by atoms with E-state index < -0.39 is 5.54 Å². The quantitative estimate of drug-likeness (QED) is 0.760. The van der Waals surface area contributed by atoms with Crippen LogP contribution in [0.4, 0.5) is 10.5 Å². The molecule has 0 aliphatic heterocycles. The molecule has 23 heavy (non-hydrogen) atoms. The van der Waals surface area contributed by atoms with Gasteiger partial charge >= 0.3 is 6.03 Å². The van der Waals surface area contributed by atoms with Gasteiger partial charge in [-0.15, -0.1) is 10.2 Å². The first kappa shape index (κ1) is 17.0. The van der Waals surface area contributed by atoms with Crippen molar-refractivity contribution in [1.82, 2.24) is 15.5 Å². The summed E-state index contributed by atoms with van der Waals surface area (Å²) in [5, 5.41) is 22.4. The lowest BCUT2D eigenvalue weighted by Gasteiger charge is -2.29. The maximum absolute atomic E-state index is 12.3. The zero-order chi connectivity index (χ0) is 16.9. The normalized spacial score (nSPS) is 13.4. The standard InChI is InChI=1S/C16H22N4O3/c1-4-16(3,7-8-21)19-15(22)18-13-9-12(6-5-11(13)2)14-20-17-10-23-14/h5-6,9-10,21H,4,7-8H2,1-3H3,(H2,18,19,22). The number of aliphatic hydroxyl groups is 1. The van der Waals surface area contributed by atoms with Crippen molar-refractivity contribution in [1.29, 1.82) is 0 Å². The number of nitrogens with zero attached hydrogens (tertiary/aromatic N) is 2. The zero-order valence-corrected chi connectivity index (χ0v) is 13.6. The summed E-state index contributed by atoms with van der Waals surface area (Å²) in [4.78, 5) is 12.3. The molecule has 124 valence electrons. The van der Waals surface area contributed by atoms with Gasteiger partial charge in [-0.1, -0.05) is 13.0 Å². The van der Waals surface area contributed by atoms with E-state index in [-0.39, 0.29) is 12.6 Å². The van der Waals surface area contributed by atoms with E-state index in [1.807, 2.05) is 32.9 Å². The number of nitrogens with one attached hydrogen (secondary N) is 2. The maximum atomic E-state index is 12.3. The predicted octanol–water partition coefficient (Wildman–Crippen LogP) is 2.72. The van der Waals surface area contributed by atoms with Crippen LogP contribution in [0.15, 0.2) is 29.0 Å². The van der Waals surface area contributed by atoms with Crippen LogP contribution in [0.5, 0.6) is 0 Å². The molecule has 3 N–H and O–H groups in total. The number of hydrogen-bond acceptors (Lipinski definition) is 5. The van der Waals surface area contributed by atoms with Crippen LogP contribution in [0.2, 0.25) is 0 Å². The Hall–Kier alpha value is -2.41. The highest BCUT2D eigenvalue weighted by atomic mass is 16.4. The number of aryl methyl sites for hydroxylation is 1. The van der Waals surface area contributed by atoms with Crippen LogP contribution >= 0.6 is 0 Å². The second-order valence-electron chi connectivity index (χ2n) is 5.74. The molecule has 1 unspecified atom stereocenters. The number of aromatic nitrogens is 2. The molecule has 1 aromatic heterocycles. The average Bonchev–Trinajstić information content (AvgIpc) is 3.04. The Balaban J connectivity index is 2.13. The van der Waals surface area contributed by atoms with Crippen LogP contribution in [0.1, 0.15) is 32.3 Å². The first-order valence-electron chi connectivity index (χ1n) is 7.54. The number of benzene rings is 1. The molecule has 0 bridgehead atoms. The highest BCUT2D eigenvalue weighted by Gasteiger charge is 2.23. The van der Waals surface area contributed by atoms with Crippen LogP contribution in [0.25, 0.3) is 11.5 Å². The number of anilines is 1. The average molecular weight is 318 g/mol. The SMILES string of the molecule is CCC(C)(CCO)NC(=O)Nc1cc(-c2nnco2)ccc1C. The highest BCUT2D eigenvalue weighted by molar-refractivity contribution is 5.91. The summed E-state index contributed by atoms with van der Waals surface area (Å²) in [5.41, 5.74) is 1.87. The number of rotatable bonds is 6. The molecule has 1 atom stereocenters. The molecule has 0 spiro atoms. The van der Waals surface area contributed by atoms with Crippen molar-refractivity contribution in [3.8, 4) is 11.5 Å². The molecule has 0 saturated carbocycles. The van der Waals surface area contributed by atoms with Crippen molar-refractivity contribution in [3.05, 3.63) is 30.2 Å². The third-order valence-electron chi connectivity index (χ3n) is 3.95. The number of urea groups is 1. The Morgan fingerprint density at radius 3 is 2.83 bits per heavy atom. The number of carbonyl (C=O) groups is 1. The van der Waals surface area contributed by atoms with Gasteiger partial charge in [-0.05, 0) is 44.4 Å². The fourth-order valence-corrected chi connectivity index (χ4v) is 2.19. The summed E-state index contributed by atoms with van der Waals surface area (Å²) in [5.74, 6) is 0.395. The number of amides is 2. The molecule has 0 aliphatic carbocycles. The summed E-state index contributed by atoms with van der Waals surface area (Å²) in [6.45, 7) is 5.80. The second kappa shape index (κ2) is 7.23. The minimum absolute atomic E-state index is 0.0241. The smallest absolute Gasteiger partial charge is 0.319 e. The molecule has 0 saturated heterocycles. The van der Waals surface area contributed by atoms with Crippen LogP contribution in [0, 0.1) is 6.92 Å². The number of carbonyl (C=O) groups excluding carboxylic acids is 1. The van der Waals surface area contributed by atoms with Gasteiger partial charge in [0.15, 0.2) is 0 Å². The molecular weight excluding hydrogens is 296 g/mol. The first-order chi connectivity index (χ1) is 11.0. The summed E-state index contributed by atoms with van der Waals surface area (Å²) in [6, 6.07) is 5.21. The van der Waals surface area contributed by atoms with Gasteiger partial charge in [-0.25, -0.2) is 4.79 Å². The summed E-state index contributed by atoms with van der Waals surface area (Å²) >= 11 is 0. The lowest BCUT2D eigenvalue weighted by atomic mass is 9.95. The Labute approximate surface area is 135 Å². The van der Waals surface area contributed by atoms with E-state index >= 15 is 0 Å². The van der Waals surface area contributed by atoms with E-state index in [1.165, 1.54) is 6.39 Å². The molecule has 7 heteroatoms. The number of hydrogen-bond donors (Lipinski definition) is 3. The monoisotopic (exact) mass is 318 g/mol. The minimum Gasteiger partial charge on any atom is -0.423 e. The fourth-order valence-electron chi connectivity index (χ4n) is 2.19. The van der Waals surface area contributed by atoms with E-state index in [0.717, 1.165) is 17.5 Å². The molecule has 0 aliphatic rings. The third-order valence-corrected chi connectivity index (χ3v) is 3.95. The molecule has 2 aromatic rings. The van der Waals surface area contributed by atoms with Crippen LogP contribution < -0.4 is 10.6 Å². The molecule has 1 heterocycles. The van der Waals surface area contributed by atoms with E-state index in [0.29, 0.717) is 18.0 Å². The molecule has 0 radical (unpaired) electrons. The van der Waals surface area contributed by atoms with Crippen LogP contribution in [-0.2, 0) is 0 Å². The van der Waals surface area contributed by atoms with Crippen molar-refractivity contribution in [2.24, 2.45) is 0 Å². The summed E-state index contributed by atoms with van der Waals surface area (Å²) in [6.07, 6.45) is 2.48. The van der Waals surface area contributed by atoms with Crippen LogP contribution in [0.3, 0.4) is 0 Å². The number of aliphatic hydroxyl groups excluding tert-OH is 1. The van der Waals surface area contributed by atoms with E-state index in [1.54, 1.807) is 6.07 Å². The predicted molar refractivity (Wildman–Crippen MR) is 87.0 cm³/mol. The first-order valence-corrected chi connectivity index (χ1v) is 7.54. The van der Waals surface area contributed by atoms with Crippen molar-refractivity contribution in [3.63, 3.8) is 0 Å². The maximum Gasteiger partial charge on any atom is 0.319 e. The van der Waals surface area contributed by atoms with Gasteiger partial charge < -0.3 is 20.2 Å². The van der Waals surface area contributed by atoms with Crippen molar-refractivity contribution in [2.75, 3.05) is 11.9 Å². The van der Waals surface area contributed by atoms with Gasteiger partial charge in [0.25, 0.3) is 0 Å². The van der Waals surface area contributed by atoms with E-state index in [4.69, 9.17) is 9.52 Å². The van der Waals surface area contributed by atoms with Gasteiger partial charge in [0.05, 0.1) is 0 Å². The van der Waals surface area contributed by atoms with E-state index in [2.05, 4.69) is 20.8 Å². The van der Waals surface area contributed by atoms with Gasteiger partial charge in [0.2, 0.25) is 12.3 Å². The van der Waals surface area contributed by atoms with Crippen molar-refractivity contribution < 1.29 is 14.3 Å². The van der Waals surface area contributed by atoms with Gasteiger partial charge in [0.1, 0.15) is 0 Å². The molecule has 0 fully saturated rings. The molecular formula is C16H22N4O3. The van der Waals surface area contributed by atoms with E-state index in [9.17, 15) is 4.79 Å². The topological polar surface area (TPSA) is 100 Å². The molecule has 2 rings (SSSR count). The van der Waals surface area contributed by atoms with Gasteiger partial charge in [0, 0.05) is 23.4 Å². The molecule has 1 aromatic carbocycles. The van der Waals surface area contributed by atoms with Crippen LogP contribution in [-0.4, -0.2) is 33.5 Å².